The highest BCUT2D eigenvalue weighted by Gasteiger charge is 2.06. The summed E-state index contributed by atoms with van der Waals surface area (Å²) >= 11 is 4.93. The first-order chi connectivity index (χ1) is 15.7. The van der Waals surface area contributed by atoms with E-state index < -0.39 is 0 Å². The summed E-state index contributed by atoms with van der Waals surface area (Å²) in [6.07, 6.45) is 12.4. The lowest BCUT2D eigenvalue weighted by molar-refractivity contribution is 0.00323. The van der Waals surface area contributed by atoms with Crippen LogP contribution >= 0.6 is 27.3 Å². The summed E-state index contributed by atoms with van der Waals surface area (Å²) in [6.45, 7) is 5.35. The molecule has 1 rings (SSSR count). The van der Waals surface area contributed by atoms with E-state index in [-0.39, 0.29) is 5.91 Å². The number of methoxy groups -OCH3 is 1. The minimum atomic E-state index is 0.0326. The van der Waals surface area contributed by atoms with E-state index in [4.69, 9.17) is 18.9 Å². The molecule has 32 heavy (non-hydrogen) atoms. The molecule has 0 saturated carbocycles. The maximum atomic E-state index is 11.9. The van der Waals surface area contributed by atoms with Crippen molar-refractivity contribution in [3.05, 3.63) is 20.8 Å². The van der Waals surface area contributed by atoms with E-state index in [1.807, 2.05) is 11.4 Å². The van der Waals surface area contributed by atoms with E-state index in [1.165, 1.54) is 62.7 Å². The van der Waals surface area contributed by atoms with E-state index in [2.05, 4.69) is 21.2 Å². The van der Waals surface area contributed by atoms with Gasteiger partial charge >= 0.3 is 0 Å². The van der Waals surface area contributed by atoms with Crippen molar-refractivity contribution >= 4 is 33.2 Å². The van der Waals surface area contributed by atoms with Crippen molar-refractivity contribution in [2.24, 2.45) is 0 Å². The van der Waals surface area contributed by atoms with Crippen molar-refractivity contribution in [3.63, 3.8) is 0 Å². The van der Waals surface area contributed by atoms with Gasteiger partial charge in [0.25, 0.3) is 5.91 Å². The molecule has 0 aliphatic rings. The minimum absolute atomic E-state index is 0.0326. The standard InChI is InChI=1S/C24H42BrNO5S/c1-28-14-15-30-18-19-31-17-16-29-13-11-9-7-5-3-2-4-6-8-10-12-26-24(27)22-20-23(25)32-21-22/h20-21H,2-19H2,1H3,(H,26,27). The number of amides is 1. The molecular formula is C24H42BrNO5S. The van der Waals surface area contributed by atoms with Gasteiger partial charge in [-0.2, -0.15) is 0 Å². The first-order valence-corrected chi connectivity index (χ1v) is 13.7. The topological polar surface area (TPSA) is 66.0 Å². The number of nitrogens with one attached hydrogen (secondary N) is 1. The molecule has 0 aromatic carbocycles. The molecular weight excluding hydrogens is 494 g/mol. The fourth-order valence-electron chi connectivity index (χ4n) is 3.16. The van der Waals surface area contributed by atoms with Crippen molar-refractivity contribution in [3.8, 4) is 0 Å². The summed E-state index contributed by atoms with van der Waals surface area (Å²) in [4.78, 5) is 11.9. The summed E-state index contributed by atoms with van der Waals surface area (Å²) in [5.74, 6) is 0.0326. The molecule has 0 fully saturated rings. The Hall–Kier alpha value is -0.510. The highest BCUT2D eigenvalue weighted by molar-refractivity contribution is 9.11. The molecule has 6 nitrogen and oxygen atoms in total. The monoisotopic (exact) mass is 535 g/mol. The maximum absolute atomic E-state index is 11.9. The quantitative estimate of drug-likeness (QED) is 0.178. The highest BCUT2D eigenvalue weighted by Crippen LogP contribution is 2.20. The molecule has 0 spiro atoms. The van der Waals surface area contributed by atoms with Crippen LogP contribution in [0.1, 0.15) is 74.6 Å². The Morgan fingerprint density at radius 1 is 0.781 bits per heavy atom. The smallest absolute Gasteiger partial charge is 0.252 e. The van der Waals surface area contributed by atoms with E-state index in [9.17, 15) is 4.79 Å². The highest BCUT2D eigenvalue weighted by atomic mass is 79.9. The Morgan fingerprint density at radius 2 is 1.28 bits per heavy atom. The molecule has 1 heterocycles. The molecule has 8 heteroatoms. The van der Waals surface area contributed by atoms with Gasteiger partial charge in [0.15, 0.2) is 0 Å². The molecule has 0 bridgehead atoms. The first kappa shape index (κ1) is 29.5. The van der Waals surface area contributed by atoms with E-state index in [1.54, 1.807) is 7.11 Å². The van der Waals surface area contributed by atoms with Gasteiger partial charge in [-0.05, 0) is 34.8 Å². The van der Waals surface area contributed by atoms with Crippen LogP contribution in [0.25, 0.3) is 0 Å². The Morgan fingerprint density at radius 3 is 1.81 bits per heavy atom. The summed E-state index contributed by atoms with van der Waals surface area (Å²) < 4.78 is 22.3. The SMILES string of the molecule is COCCOCCOCCOCCCCCCCCCCCCNC(=O)c1csc(Br)c1. The van der Waals surface area contributed by atoms with Crippen molar-refractivity contribution in [1.82, 2.24) is 5.32 Å². The number of hydrogen-bond acceptors (Lipinski definition) is 6. The van der Waals surface area contributed by atoms with Crippen molar-refractivity contribution in [1.29, 1.82) is 0 Å². The van der Waals surface area contributed by atoms with Gasteiger partial charge in [0.05, 0.1) is 49.0 Å². The number of carbonyl (C=O) groups is 1. The van der Waals surface area contributed by atoms with Crippen LogP contribution in [0, 0.1) is 0 Å². The average Bonchev–Trinajstić information content (AvgIpc) is 3.23. The van der Waals surface area contributed by atoms with Crippen molar-refractivity contribution < 1.29 is 23.7 Å². The van der Waals surface area contributed by atoms with Crippen molar-refractivity contribution in [2.75, 3.05) is 59.9 Å². The van der Waals surface area contributed by atoms with Crippen LogP contribution in [0.15, 0.2) is 15.2 Å². The van der Waals surface area contributed by atoms with Gasteiger partial charge in [-0.1, -0.05) is 51.4 Å². The minimum Gasteiger partial charge on any atom is -0.382 e. The van der Waals surface area contributed by atoms with E-state index in [0.717, 1.165) is 35.3 Å². The average molecular weight is 537 g/mol. The third-order valence-corrected chi connectivity index (χ3v) is 6.51. The number of unbranched alkanes of at least 4 members (excludes halogenated alkanes) is 9. The fourth-order valence-corrected chi connectivity index (χ4v) is 4.30. The van der Waals surface area contributed by atoms with Gasteiger partial charge in [0.2, 0.25) is 0 Å². The van der Waals surface area contributed by atoms with Crippen LogP contribution in [-0.4, -0.2) is 65.8 Å². The molecule has 0 aliphatic carbocycles. The normalized spacial score (nSPS) is 11.2. The summed E-state index contributed by atoms with van der Waals surface area (Å²) in [5.41, 5.74) is 0.748. The van der Waals surface area contributed by atoms with Gasteiger partial charge < -0.3 is 24.3 Å². The Labute approximate surface area is 206 Å². The predicted molar refractivity (Wildman–Crippen MR) is 135 cm³/mol. The molecule has 0 atom stereocenters. The van der Waals surface area contributed by atoms with Crippen LogP contribution in [0.3, 0.4) is 0 Å². The molecule has 0 radical (unpaired) electrons. The third kappa shape index (κ3) is 18.0. The Balaban J connectivity index is 1.69. The van der Waals surface area contributed by atoms with Crippen LogP contribution in [0.5, 0.6) is 0 Å². The van der Waals surface area contributed by atoms with Crippen LogP contribution in [0.4, 0.5) is 0 Å². The van der Waals surface area contributed by atoms with Crippen LogP contribution in [-0.2, 0) is 18.9 Å². The van der Waals surface area contributed by atoms with Crippen LogP contribution in [0.2, 0.25) is 0 Å². The number of ether oxygens (including phenoxy) is 4. The second kappa shape index (κ2) is 22.3. The first-order valence-electron chi connectivity index (χ1n) is 12.0. The zero-order valence-electron chi connectivity index (χ0n) is 19.7. The van der Waals surface area contributed by atoms with E-state index >= 15 is 0 Å². The maximum Gasteiger partial charge on any atom is 0.252 e. The fraction of sp³-hybridized carbons (Fsp3) is 0.792. The van der Waals surface area contributed by atoms with Crippen molar-refractivity contribution in [2.45, 2.75) is 64.2 Å². The summed E-state index contributed by atoms with van der Waals surface area (Å²) in [5, 5.41) is 4.88. The largest absolute Gasteiger partial charge is 0.382 e. The Kier molecular flexibility index (Phi) is 20.6. The van der Waals surface area contributed by atoms with Gasteiger partial charge in [-0.25, -0.2) is 0 Å². The molecule has 1 amide bonds. The second-order valence-electron chi connectivity index (χ2n) is 7.76. The number of carbonyl (C=O) groups excluding carboxylic acids is 1. The molecule has 1 N–H and O–H groups in total. The number of thiophene rings is 1. The van der Waals surface area contributed by atoms with Gasteiger partial charge in [-0.15, -0.1) is 11.3 Å². The number of halogens is 1. The second-order valence-corrected chi connectivity index (χ2v) is 10.1. The predicted octanol–water partition coefficient (Wildman–Crippen LogP) is 5.84. The molecule has 0 aliphatic heterocycles. The summed E-state index contributed by atoms with van der Waals surface area (Å²) in [7, 11) is 1.67. The Bertz CT molecular complexity index is 558. The van der Waals surface area contributed by atoms with Gasteiger partial charge in [-0.3, -0.25) is 4.79 Å². The summed E-state index contributed by atoms with van der Waals surface area (Å²) in [6, 6.07) is 1.87. The lowest BCUT2D eigenvalue weighted by atomic mass is 10.1. The van der Waals surface area contributed by atoms with Gasteiger partial charge in [0.1, 0.15) is 0 Å². The lowest BCUT2D eigenvalue weighted by Gasteiger charge is -2.07. The van der Waals surface area contributed by atoms with E-state index in [0.29, 0.717) is 39.6 Å². The lowest BCUT2D eigenvalue weighted by Crippen LogP contribution is -2.23. The van der Waals surface area contributed by atoms with Crippen LogP contribution < -0.4 is 5.32 Å². The molecule has 1 aromatic heterocycles. The molecule has 1 aromatic rings. The number of hydrogen-bond donors (Lipinski definition) is 1. The molecule has 186 valence electrons. The molecule has 0 unspecified atom stereocenters. The zero-order chi connectivity index (χ0) is 23.1. The zero-order valence-corrected chi connectivity index (χ0v) is 22.1. The molecule has 0 saturated heterocycles. The third-order valence-electron chi connectivity index (χ3n) is 5.01. The number of rotatable bonds is 23. The van der Waals surface area contributed by atoms with Gasteiger partial charge in [0, 0.05) is 25.6 Å².